The van der Waals surface area contributed by atoms with E-state index in [1.165, 1.54) is 0 Å². The van der Waals surface area contributed by atoms with Gasteiger partial charge in [0.05, 0.1) is 12.8 Å². The molecule has 0 fully saturated rings. The van der Waals surface area contributed by atoms with Crippen LogP contribution in [0, 0.1) is 0 Å². The monoisotopic (exact) mass is 216 g/mol. The van der Waals surface area contributed by atoms with Gasteiger partial charge in [0.1, 0.15) is 5.75 Å². The molecule has 60 valence electrons. The number of hydrogen-bond acceptors (Lipinski definition) is 3. The molecule has 0 aliphatic rings. The van der Waals surface area contributed by atoms with Crippen LogP contribution in [0.15, 0.2) is 22.7 Å². The predicted octanol–water partition coefficient (Wildman–Crippen LogP) is 1.74. The first-order chi connectivity index (χ1) is 5.27. The van der Waals surface area contributed by atoms with E-state index in [4.69, 9.17) is 10.6 Å². The maximum Gasteiger partial charge on any atom is 0.121 e. The van der Waals surface area contributed by atoms with Crippen molar-refractivity contribution in [3.8, 4) is 5.75 Å². The summed E-state index contributed by atoms with van der Waals surface area (Å²) in [5, 5.41) is 0. The number of halogens is 1. The van der Waals surface area contributed by atoms with Crippen LogP contribution in [-0.4, -0.2) is 7.11 Å². The Morgan fingerprint density at radius 1 is 1.55 bits per heavy atom. The lowest BCUT2D eigenvalue weighted by Crippen LogP contribution is -2.07. The Morgan fingerprint density at radius 3 is 2.82 bits per heavy atom. The Morgan fingerprint density at radius 2 is 2.27 bits per heavy atom. The molecule has 0 unspecified atom stereocenters. The first kappa shape index (κ1) is 8.36. The molecule has 0 radical (unpaired) electrons. The largest absolute Gasteiger partial charge is 0.497 e. The molecule has 1 aromatic carbocycles. The second-order valence-corrected chi connectivity index (χ2v) is 2.84. The van der Waals surface area contributed by atoms with Gasteiger partial charge in [-0.1, -0.05) is 0 Å². The topological polar surface area (TPSA) is 47.3 Å². The first-order valence-corrected chi connectivity index (χ1v) is 3.87. The van der Waals surface area contributed by atoms with Gasteiger partial charge in [-0.3, -0.25) is 5.84 Å². The summed E-state index contributed by atoms with van der Waals surface area (Å²) in [5.41, 5.74) is 3.35. The van der Waals surface area contributed by atoms with Gasteiger partial charge in [0.2, 0.25) is 0 Å². The van der Waals surface area contributed by atoms with Crippen molar-refractivity contribution in [2.75, 3.05) is 12.5 Å². The van der Waals surface area contributed by atoms with Gasteiger partial charge in [-0.05, 0) is 28.1 Å². The Hall–Kier alpha value is -0.740. The average Bonchev–Trinajstić information content (AvgIpc) is 2.05. The van der Waals surface area contributed by atoms with Crippen molar-refractivity contribution in [3.05, 3.63) is 22.7 Å². The zero-order valence-corrected chi connectivity index (χ0v) is 7.68. The lowest BCUT2D eigenvalue weighted by Gasteiger charge is -2.05. The van der Waals surface area contributed by atoms with Gasteiger partial charge in [-0.2, -0.15) is 0 Å². The SMILES string of the molecule is COc1ccc(Br)c(NN)c1. The van der Waals surface area contributed by atoms with Gasteiger partial charge in [-0.25, -0.2) is 0 Å². The lowest BCUT2D eigenvalue weighted by atomic mass is 10.3. The minimum atomic E-state index is 0.779. The summed E-state index contributed by atoms with van der Waals surface area (Å²) in [7, 11) is 1.61. The van der Waals surface area contributed by atoms with E-state index in [1.807, 2.05) is 18.2 Å². The van der Waals surface area contributed by atoms with Gasteiger partial charge in [0.15, 0.2) is 0 Å². The molecule has 3 nitrogen and oxygen atoms in total. The summed E-state index contributed by atoms with van der Waals surface area (Å²) in [5.74, 6) is 6.02. The molecule has 11 heavy (non-hydrogen) atoms. The van der Waals surface area contributed by atoms with Crippen molar-refractivity contribution in [3.63, 3.8) is 0 Å². The highest BCUT2D eigenvalue weighted by Crippen LogP contribution is 2.25. The number of nitrogens with two attached hydrogens (primary N) is 1. The van der Waals surface area contributed by atoms with E-state index in [0.717, 1.165) is 15.9 Å². The molecule has 1 aromatic rings. The minimum Gasteiger partial charge on any atom is -0.497 e. The molecule has 0 amide bonds. The maximum absolute atomic E-state index is 5.24. The number of ether oxygens (including phenoxy) is 1. The summed E-state index contributed by atoms with van der Waals surface area (Å²) >= 11 is 3.32. The summed E-state index contributed by atoms with van der Waals surface area (Å²) in [4.78, 5) is 0. The van der Waals surface area contributed by atoms with Crippen molar-refractivity contribution >= 4 is 21.6 Å². The molecule has 0 aromatic heterocycles. The highest BCUT2D eigenvalue weighted by atomic mass is 79.9. The van der Waals surface area contributed by atoms with Crippen LogP contribution in [0.5, 0.6) is 5.75 Å². The summed E-state index contributed by atoms with van der Waals surface area (Å²) < 4.78 is 5.91. The highest BCUT2D eigenvalue weighted by Gasteiger charge is 1.98. The number of anilines is 1. The molecule has 0 spiro atoms. The number of methoxy groups -OCH3 is 1. The van der Waals surface area contributed by atoms with Crippen LogP contribution in [-0.2, 0) is 0 Å². The van der Waals surface area contributed by atoms with Crippen LogP contribution in [0.4, 0.5) is 5.69 Å². The number of benzene rings is 1. The quantitative estimate of drug-likeness (QED) is 0.585. The van der Waals surface area contributed by atoms with Crippen LogP contribution in [0.3, 0.4) is 0 Å². The molecule has 1 rings (SSSR count). The Balaban J connectivity index is 3.02. The third kappa shape index (κ3) is 1.85. The first-order valence-electron chi connectivity index (χ1n) is 3.08. The van der Waals surface area contributed by atoms with Crippen molar-refractivity contribution in [2.45, 2.75) is 0 Å². The molecule has 0 saturated carbocycles. The normalized spacial score (nSPS) is 9.36. The third-order valence-electron chi connectivity index (χ3n) is 1.33. The molecule has 0 saturated heterocycles. The standard InChI is InChI=1S/C7H9BrN2O/c1-11-5-2-3-6(8)7(4-5)10-9/h2-4,10H,9H2,1H3. The molecule has 0 heterocycles. The third-order valence-corrected chi connectivity index (χ3v) is 2.02. The molecule has 4 heteroatoms. The van der Waals surface area contributed by atoms with E-state index >= 15 is 0 Å². The van der Waals surface area contributed by atoms with Gasteiger partial charge in [-0.15, -0.1) is 0 Å². The van der Waals surface area contributed by atoms with E-state index in [9.17, 15) is 0 Å². The van der Waals surface area contributed by atoms with Crippen LogP contribution in [0.2, 0.25) is 0 Å². The molecular formula is C7H9BrN2O. The molecular weight excluding hydrogens is 208 g/mol. The van der Waals surface area contributed by atoms with Crippen LogP contribution >= 0.6 is 15.9 Å². The van der Waals surface area contributed by atoms with Crippen LogP contribution in [0.25, 0.3) is 0 Å². The number of hydrogen-bond donors (Lipinski definition) is 2. The lowest BCUT2D eigenvalue weighted by molar-refractivity contribution is 0.415. The van der Waals surface area contributed by atoms with E-state index < -0.39 is 0 Å². The fourth-order valence-electron chi connectivity index (χ4n) is 0.742. The maximum atomic E-state index is 5.24. The second-order valence-electron chi connectivity index (χ2n) is 1.99. The number of nitrogen functional groups attached to an aromatic ring is 1. The van der Waals surface area contributed by atoms with E-state index in [2.05, 4.69) is 21.4 Å². The Bertz CT molecular complexity index is 252. The van der Waals surface area contributed by atoms with Crippen molar-refractivity contribution < 1.29 is 4.74 Å². The van der Waals surface area contributed by atoms with Crippen LogP contribution in [0.1, 0.15) is 0 Å². The molecule has 0 bridgehead atoms. The molecule has 0 aliphatic heterocycles. The second kappa shape index (κ2) is 3.59. The van der Waals surface area contributed by atoms with E-state index in [-0.39, 0.29) is 0 Å². The molecule has 3 N–H and O–H groups in total. The van der Waals surface area contributed by atoms with Gasteiger partial charge >= 0.3 is 0 Å². The van der Waals surface area contributed by atoms with Crippen LogP contribution < -0.4 is 16.0 Å². The van der Waals surface area contributed by atoms with Gasteiger partial charge < -0.3 is 10.2 Å². The zero-order chi connectivity index (χ0) is 8.27. The minimum absolute atomic E-state index is 0.779. The highest BCUT2D eigenvalue weighted by molar-refractivity contribution is 9.10. The average molecular weight is 217 g/mol. The predicted molar refractivity (Wildman–Crippen MR) is 48.5 cm³/mol. The summed E-state index contributed by atoms with van der Waals surface area (Å²) in [6, 6.07) is 5.53. The van der Waals surface area contributed by atoms with E-state index in [1.54, 1.807) is 7.11 Å². The van der Waals surface area contributed by atoms with E-state index in [0.29, 0.717) is 0 Å². The molecule has 0 atom stereocenters. The Kier molecular flexibility index (Phi) is 2.73. The number of nitrogens with one attached hydrogen (secondary N) is 1. The van der Waals surface area contributed by atoms with Crippen molar-refractivity contribution in [1.82, 2.24) is 0 Å². The van der Waals surface area contributed by atoms with Crippen molar-refractivity contribution in [2.24, 2.45) is 5.84 Å². The van der Waals surface area contributed by atoms with Crippen molar-refractivity contribution in [1.29, 1.82) is 0 Å². The summed E-state index contributed by atoms with van der Waals surface area (Å²) in [6.45, 7) is 0. The molecule has 0 aliphatic carbocycles. The fourth-order valence-corrected chi connectivity index (χ4v) is 1.10. The van der Waals surface area contributed by atoms with Gasteiger partial charge in [0, 0.05) is 10.5 Å². The number of rotatable bonds is 2. The smallest absolute Gasteiger partial charge is 0.121 e. The Labute approximate surface area is 73.6 Å². The zero-order valence-electron chi connectivity index (χ0n) is 6.10. The number of hydrazine groups is 1. The fraction of sp³-hybridized carbons (Fsp3) is 0.143. The summed E-state index contributed by atoms with van der Waals surface area (Å²) in [6.07, 6.45) is 0. The van der Waals surface area contributed by atoms with Gasteiger partial charge in [0.25, 0.3) is 0 Å².